The van der Waals surface area contributed by atoms with Gasteiger partial charge in [-0.3, -0.25) is 0 Å². The number of pyridine rings is 1. The second-order valence-electron chi connectivity index (χ2n) is 5.45. The third-order valence-electron chi connectivity index (χ3n) is 3.76. The molecule has 5 nitrogen and oxygen atoms in total. The minimum Gasteiger partial charge on any atom is -0.393 e. The Kier molecular flexibility index (Phi) is 3.57. The van der Waals surface area contributed by atoms with Crippen LogP contribution in [0.2, 0.25) is 0 Å². The lowest BCUT2D eigenvalue weighted by Gasteiger charge is -2.33. The van der Waals surface area contributed by atoms with Crippen LogP contribution in [-0.4, -0.2) is 48.5 Å². The van der Waals surface area contributed by atoms with Crippen molar-refractivity contribution in [3.8, 4) is 0 Å². The van der Waals surface area contributed by atoms with Crippen LogP contribution in [0.15, 0.2) is 12.1 Å². The van der Waals surface area contributed by atoms with Crippen molar-refractivity contribution in [1.82, 2.24) is 4.98 Å². The molecule has 19 heavy (non-hydrogen) atoms. The first-order chi connectivity index (χ1) is 9.20. The minimum absolute atomic E-state index is 0.138. The highest BCUT2D eigenvalue weighted by molar-refractivity contribution is 5.51. The van der Waals surface area contributed by atoms with E-state index in [2.05, 4.69) is 34.3 Å². The molecule has 1 aliphatic carbocycles. The summed E-state index contributed by atoms with van der Waals surface area (Å²) >= 11 is 0. The molecule has 104 valence electrons. The van der Waals surface area contributed by atoms with Gasteiger partial charge >= 0.3 is 0 Å². The van der Waals surface area contributed by atoms with Crippen LogP contribution in [0.5, 0.6) is 0 Å². The Bertz CT molecular complexity index is 440. The zero-order valence-corrected chi connectivity index (χ0v) is 11.3. The third-order valence-corrected chi connectivity index (χ3v) is 3.76. The van der Waals surface area contributed by atoms with Crippen LogP contribution in [-0.2, 0) is 4.74 Å². The quantitative estimate of drug-likeness (QED) is 0.857. The molecule has 0 unspecified atom stereocenters. The van der Waals surface area contributed by atoms with Gasteiger partial charge in [0.25, 0.3) is 0 Å². The van der Waals surface area contributed by atoms with Gasteiger partial charge in [-0.25, -0.2) is 4.98 Å². The van der Waals surface area contributed by atoms with E-state index in [0.717, 1.165) is 50.8 Å². The molecular formula is C14H21N3O2. The van der Waals surface area contributed by atoms with Crippen LogP contribution < -0.4 is 10.2 Å². The number of aryl methyl sites for hydroxylation is 1. The molecule has 0 spiro atoms. The van der Waals surface area contributed by atoms with Gasteiger partial charge in [0.05, 0.1) is 19.3 Å². The summed E-state index contributed by atoms with van der Waals surface area (Å²) in [5, 5.41) is 12.7. The predicted octanol–water partition coefficient (Wildman–Crippen LogP) is 1.16. The summed E-state index contributed by atoms with van der Waals surface area (Å²) < 4.78 is 5.37. The normalized spacial score (nSPS) is 26.9. The standard InChI is InChI=1S/C14H21N3O2/c1-10-6-13(15-11-8-12(18)9-11)16-14(7-10)17-2-4-19-5-3-17/h6-7,11-12,18H,2-5,8-9H2,1H3,(H,15,16)/t11-,12-. The summed E-state index contributed by atoms with van der Waals surface area (Å²) in [4.78, 5) is 6.94. The second-order valence-corrected chi connectivity index (χ2v) is 5.45. The SMILES string of the molecule is Cc1cc(N[C@H]2C[C@H](O)C2)nc(N2CCOCC2)c1. The molecule has 1 saturated carbocycles. The van der Waals surface area contributed by atoms with Gasteiger partial charge in [0, 0.05) is 19.1 Å². The Morgan fingerprint density at radius 1 is 1.32 bits per heavy atom. The lowest BCUT2D eigenvalue weighted by Crippen LogP contribution is -2.39. The molecule has 1 aliphatic heterocycles. The van der Waals surface area contributed by atoms with E-state index in [1.165, 1.54) is 5.56 Å². The molecule has 1 aromatic rings. The maximum Gasteiger partial charge on any atom is 0.131 e. The topological polar surface area (TPSA) is 57.6 Å². The molecule has 1 saturated heterocycles. The zero-order valence-electron chi connectivity index (χ0n) is 11.3. The molecular weight excluding hydrogens is 242 g/mol. The number of hydrogen-bond donors (Lipinski definition) is 2. The first-order valence-corrected chi connectivity index (χ1v) is 6.97. The Morgan fingerprint density at radius 3 is 2.74 bits per heavy atom. The van der Waals surface area contributed by atoms with E-state index < -0.39 is 0 Å². The van der Waals surface area contributed by atoms with Gasteiger partial charge in [-0.05, 0) is 37.5 Å². The molecule has 0 bridgehead atoms. The van der Waals surface area contributed by atoms with Crippen molar-refractivity contribution < 1.29 is 9.84 Å². The lowest BCUT2D eigenvalue weighted by atomic mass is 9.89. The Hall–Kier alpha value is -1.33. The van der Waals surface area contributed by atoms with E-state index >= 15 is 0 Å². The molecule has 5 heteroatoms. The Balaban J connectivity index is 1.71. The number of aliphatic hydroxyl groups is 1. The fourth-order valence-corrected chi connectivity index (χ4v) is 2.59. The lowest BCUT2D eigenvalue weighted by molar-refractivity contribution is 0.0835. The minimum atomic E-state index is -0.138. The number of aliphatic hydroxyl groups excluding tert-OH is 1. The summed E-state index contributed by atoms with van der Waals surface area (Å²) in [6, 6.07) is 4.54. The van der Waals surface area contributed by atoms with Crippen LogP contribution in [0.1, 0.15) is 18.4 Å². The third kappa shape index (κ3) is 2.98. The number of ether oxygens (including phenoxy) is 1. The smallest absolute Gasteiger partial charge is 0.131 e. The number of morpholine rings is 1. The van der Waals surface area contributed by atoms with Crippen LogP contribution in [0.25, 0.3) is 0 Å². The van der Waals surface area contributed by atoms with Gasteiger partial charge in [0.2, 0.25) is 0 Å². The van der Waals surface area contributed by atoms with Crippen LogP contribution >= 0.6 is 0 Å². The summed E-state index contributed by atoms with van der Waals surface area (Å²) in [7, 11) is 0. The molecule has 0 radical (unpaired) electrons. The van der Waals surface area contributed by atoms with Crippen LogP contribution in [0.4, 0.5) is 11.6 Å². The average molecular weight is 263 g/mol. The van der Waals surface area contributed by atoms with E-state index in [-0.39, 0.29) is 6.10 Å². The first kappa shape index (κ1) is 12.7. The van der Waals surface area contributed by atoms with E-state index in [4.69, 9.17) is 4.74 Å². The largest absolute Gasteiger partial charge is 0.393 e. The molecule has 2 N–H and O–H groups in total. The van der Waals surface area contributed by atoms with Gasteiger partial charge in [0.15, 0.2) is 0 Å². The van der Waals surface area contributed by atoms with E-state index in [0.29, 0.717) is 6.04 Å². The molecule has 0 atom stereocenters. The maximum atomic E-state index is 9.33. The monoisotopic (exact) mass is 263 g/mol. The molecule has 0 aromatic carbocycles. The van der Waals surface area contributed by atoms with Gasteiger partial charge in [-0.2, -0.15) is 0 Å². The van der Waals surface area contributed by atoms with Crippen molar-refractivity contribution in [3.05, 3.63) is 17.7 Å². The highest BCUT2D eigenvalue weighted by Crippen LogP contribution is 2.25. The maximum absolute atomic E-state index is 9.33. The number of aromatic nitrogens is 1. The van der Waals surface area contributed by atoms with E-state index in [9.17, 15) is 5.11 Å². The fourth-order valence-electron chi connectivity index (χ4n) is 2.59. The molecule has 2 heterocycles. The number of nitrogens with zero attached hydrogens (tertiary/aromatic N) is 2. The van der Waals surface area contributed by atoms with E-state index in [1.807, 2.05) is 0 Å². The average Bonchev–Trinajstić information content (AvgIpc) is 2.37. The number of hydrogen-bond acceptors (Lipinski definition) is 5. The van der Waals surface area contributed by atoms with Crippen molar-refractivity contribution in [1.29, 1.82) is 0 Å². The Morgan fingerprint density at radius 2 is 2.05 bits per heavy atom. The zero-order chi connectivity index (χ0) is 13.2. The molecule has 3 rings (SSSR count). The number of rotatable bonds is 3. The molecule has 1 aromatic heterocycles. The number of anilines is 2. The van der Waals surface area contributed by atoms with Gasteiger partial charge in [0.1, 0.15) is 11.6 Å². The number of nitrogens with one attached hydrogen (secondary N) is 1. The van der Waals surface area contributed by atoms with Crippen molar-refractivity contribution in [2.75, 3.05) is 36.5 Å². The van der Waals surface area contributed by atoms with Crippen molar-refractivity contribution in [2.45, 2.75) is 31.9 Å². The highest BCUT2D eigenvalue weighted by atomic mass is 16.5. The second kappa shape index (κ2) is 5.35. The predicted molar refractivity (Wildman–Crippen MR) is 74.7 cm³/mol. The summed E-state index contributed by atoms with van der Waals surface area (Å²) in [6.07, 6.45) is 1.51. The van der Waals surface area contributed by atoms with Gasteiger partial charge in [-0.15, -0.1) is 0 Å². The molecule has 0 amide bonds. The van der Waals surface area contributed by atoms with E-state index in [1.54, 1.807) is 0 Å². The summed E-state index contributed by atoms with van der Waals surface area (Å²) in [6.45, 7) is 5.43. The van der Waals surface area contributed by atoms with Crippen molar-refractivity contribution >= 4 is 11.6 Å². The van der Waals surface area contributed by atoms with Gasteiger partial charge < -0.3 is 20.1 Å². The Labute approximate surface area is 113 Å². The van der Waals surface area contributed by atoms with Crippen molar-refractivity contribution in [3.63, 3.8) is 0 Å². The van der Waals surface area contributed by atoms with Crippen LogP contribution in [0, 0.1) is 6.92 Å². The molecule has 2 fully saturated rings. The molecule has 2 aliphatic rings. The van der Waals surface area contributed by atoms with Crippen molar-refractivity contribution in [2.24, 2.45) is 0 Å². The highest BCUT2D eigenvalue weighted by Gasteiger charge is 2.27. The summed E-state index contributed by atoms with van der Waals surface area (Å²) in [5.74, 6) is 1.93. The van der Waals surface area contributed by atoms with Gasteiger partial charge in [-0.1, -0.05) is 0 Å². The van der Waals surface area contributed by atoms with Crippen LogP contribution in [0.3, 0.4) is 0 Å². The summed E-state index contributed by atoms with van der Waals surface area (Å²) in [5.41, 5.74) is 1.21. The first-order valence-electron chi connectivity index (χ1n) is 6.97. The fraction of sp³-hybridized carbons (Fsp3) is 0.643.